The third-order valence-corrected chi connectivity index (χ3v) is 5.24. The summed E-state index contributed by atoms with van der Waals surface area (Å²) in [6, 6.07) is 5.22. The van der Waals surface area contributed by atoms with E-state index in [2.05, 4.69) is 30.3 Å². The van der Waals surface area contributed by atoms with Crippen molar-refractivity contribution in [2.24, 2.45) is 5.92 Å². The lowest BCUT2D eigenvalue weighted by atomic mass is 9.85. The summed E-state index contributed by atoms with van der Waals surface area (Å²) in [5.74, 6) is 1.60. The highest BCUT2D eigenvalue weighted by Crippen LogP contribution is 2.28. The molecule has 0 amide bonds. The van der Waals surface area contributed by atoms with Gasteiger partial charge in [-0.25, -0.2) is 28.2 Å². The fraction of sp³-hybridized carbons (Fsp3) is 0.412. The largest absolute Gasteiger partial charge is 0.355 e. The SMILES string of the molecule is FC(F)c1ccc2ncc(-c3cc(N4CCC5CNC5C4)ncn3)n2n1. The monoisotopic (exact) mass is 357 g/mol. The normalized spacial score (nSPS) is 22.5. The van der Waals surface area contributed by atoms with Crippen LogP contribution in [0.15, 0.2) is 30.7 Å². The minimum Gasteiger partial charge on any atom is -0.355 e. The van der Waals surface area contributed by atoms with E-state index in [1.807, 2.05) is 6.07 Å². The molecular weight excluding hydrogens is 340 g/mol. The summed E-state index contributed by atoms with van der Waals surface area (Å²) in [6.07, 6.45) is 1.61. The Morgan fingerprint density at radius 1 is 1.19 bits per heavy atom. The van der Waals surface area contributed by atoms with E-state index in [1.54, 1.807) is 6.20 Å². The number of imidazole rings is 1. The smallest absolute Gasteiger partial charge is 0.282 e. The first-order valence-electron chi connectivity index (χ1n) is 8.62. The summed E-state index contributed by atoms with van der Waals surface area (Å²) in [4.78, 5) is 15.2. The highest BCUT2D eigenvalue weighted by Gasteiger charge is 2.35. The number of nitrogens with one attached hydrogen (secondary N) is 1. The number of nitrogens with zero attached hydrogens (tertiary/aromatic N) is 6. The summed E-state index contributed by atoms with van der Waals surface area (Å²) < 4.78 is 27.4. The number of hydrogen-bond donors (Lipinski definition) is 1. The number of rotatable bonds is 3. The van der Waals surface area contributed by atoms with Crippen molar-refractivity contribution in [1.82, 2.24) is 29.9 Å². The van der Waals surface area contributed by atoms with E-state index in [-0.39, 0.29) is 5.69 Å². The molecule has 1 N–H and O–H groups in total. The van der Waals surface area contributed by atoms with Crippen molar-refractivity contribution >= 4 is 11.5 Å². The van der Waals surface area contributed by atoms with Gasteiger partial charge in [0, 0.05) is 25.2 Å². The van der Waals surface area contributed by atoms with Crippen LogP contribution >= 0.6 is 0 Å². The first kappa shape index (κ1) is 15.6. The van der Waals surface area contributed by atoms with Crippen LogP contribution in [0, 0.1) is 5.92 Å². The number of alkyl halides is 2. The second kappa shape index (κ2) is 5.94. The average Bonchev–Trinajstić information content (AvgIpc) is 3.06. The molecule has 134 valence electrons. The quantitative estimate of drug-likeness (QED) is 0.772. The summed E-state index contributed by atoms with van der Waals surface area (Å²) in [7, 11) is 0. The second-order valence-electron chi connectivity index (χ2n) is 6.74. The van der Waals surface area contributed by atoms with Crippen molar-refractivity contribution in [3.05, 3.63) is 36.4 Å². The predicted molar refractivity (Wildman–Crippen MR) is 91.1 cm³/mol. The summed E-state index contributed by atoms with van der Waals surface area (Å²) in [6.45, 7) is 2.98. The van der Waals surface area contributed by atoms with Gasteiger partial charge in [0.15, 0.2) is 5.65 Å². The van der Waals surface area contributed by atoms with Crippen LogP contribution in [-0.2, 0) is 0 Å². The van der Waals surface area contributed by atoms with Crippen molar-refractivity contribution in [2.75, 3.05) is 24.5 Å². The van der Waals surface area contributed by atoms with Crippen molar-refractivity contribution in [2.45, 2.75) is 18.9 Å². The molecule has 0 saturated carbocycles. The van der Waals surface area contributed by atoms with Crippen molar-refractivity contribution < 1.29 is 8.78 Å². The molecule has 0 bridgehead atoms. The molecule has 3 aromatic rings. The van der Waals surface area contributed by atoms with Gasteiger partial charge in [-0.1, -0.05) is 0 Å². The maximum atomic E-state index is 13.0. The molecule has 2 aliphatic rings. The minimum absolute atomic E-state index is 0.288. The van der Waals surface area contributed by atoms with E-state index in [9.17, 15) is 8.78 Å². The number of piperidine rings is 1. The zero-order valence-corrected chi connectivity index (χ0v) is 13.9. The number of halogens is 2. The van der Waals surface area contributed by atoms with E-state index in [0.29, 0.717) is 23.1 Å². The first-order chi connectivity index (χ1) is 12.7. The lowest BCUT2D eigenvalue weighted by Gasteiger charge is -2.46. The van der Waals surface area contributed by atoms with Crippen LogP contribution in [0.1, 0.15) is 18.5 Å². The second-order valence-corrected chi connectivity index (χ2v) is 6.74. The Morgan fingerprint density at radius 3 is 2.88 bits per heavy atom. The number of anilines is 1. The molecule has 2 unspecified atom stereocenters. The van der Waals surface area contributed by atoms with Gasteiger partial charge in [0.1, 0.15) is 23.5 Å². The molecule has 2 saturated heterocycles. The molecule has 5 rings (SSSR count). The van der Waals surface area contributed by atoms with Crippen molar-refractivity contribution in [3.8, 4) is 11.4 Å². The zero-order chi connectivity index (χ0) is 17.7. The van der Waals surface area contributed by atoms with E-state index in [1.165, 1.54) is 23.0 Å². The molecular formula is C17H17F2N7. The van der Waals surface area contributed by atoms with E-state index in [4.69, 9.17) is 0 Å². The van der Waals surface area contributed by atoms with E-state index in [0.717, 1.165) is 37.8 Å². The first-order valence-corrected chi connectivity index (χ1v) is 8.62. The van der Waals surface area contributed by atoms with Crippen LogP contribution in [0.25, 0.3) is 17.0 Å². The molecule has 26 heavy (non-hydrogen) atoms. The summed E-state index contributed by atoms with van der Waals surface area (Å²) >= 11 is 0. The van der Waals surface area contributed by atoms with E-state index < -0.39 is 6.43 Å². The molecule has 0 radical (unpaired) electrons. The Labute approximate surface area is 148 Å². The Kier molecular flexibility index (Phi) is 3.56. The molecule has 0 aliphatic carbocycles. The Bertz CT molecular complexity index is 957. The Hall–Kier alpha value is -2.68. The van der Waals surface area contributed by atoms with Gasteiger partial charge in [-0.3, -0.25) is 0 Å². The van der Waals surface area contributed by atoms with Gasteiger partial charge < -0.3 is 10.2 Å². The third-order valence-electron chi connectivity index (χ3n) is 5.24. The van der Waals surface area contributed by atoms with E-state index >= 15 is 0 Å². The van der Waals surface area contributed by atoms with Gasteiger partial charge in [-0.15, -0.1) is 0 Å². The van der Waals surface area contributed by atoms with Gasteiger partial charge in [-0.05, 0) is 31.0 Å². The Morgan fingerprint density at radius 2 is 2.12 bits per heavy atom. The highest BCUT2D eigenvalue weighted by molar-refractivity contribution is 5.62. The molecule has 7 nitrogen and oxygen atoms in total. The minimum atomic E-state index is -2.63. The average molecular weight is 357 g/mol. The van der Waals surface area contributed by atoms with Gasteiger partial charge >= 0.3 is 0 Å². The predicted octanol–water partition coefficient (Wildman–Crippen LogP) is 1.92. The molecule has 2 atom stereocenters. The zero-order valence-electron chi connectivity index (χ0n) is 13.9. The summed E-state index contributed by atoms with van der Waals surface area (Å²) in [5.41, 5.74) is 1.40. The third kappa shape index (κ3) is 2.50. The molecule has 5 heterocycles. The van der Waals surface area contributed by atoms with Crippen LogP contribution in [-0.4, -0.2) is 50.2 Å². The van der Waals surface area contributed by atoms with Crippen LogP contribution < -0.4 is 10.2 Å². The standard InChI is InChI=1S/C17H17F2N7/c18-17(19)11-1-2-15-21-7-14(26(15)24-11)12-5-16(23-9-22-12)25-4-3-10-6-20-13(10)8-25/h1-2,5,7,9-10,13,17,20H,3-4,6,8H2. The van der Waals surface area contributed by atoms with Gasteiger partial charge in [0.05, 0.1) is 11.9 Å². The van der Waals surface area contributed by atoms with Gasteiger partial charge in [-0.2, -0.15) is 5.10 Å². The van der Waals surface area contributed by atoms with Crippen molar-refractivity contribution in [3.63, 3.8) is 0 Å². The molecule has 9 heteroatoms. The molecule has 0 spiro atoms. The number of hydrogen-bond acceptors (Lipinski definition) is 6. The lowest BCUT2D eigenvalue weighted by molar-refractivity contribution is 0.144. The van der Waals surface area contributed by atoms with Gasteiger partial charge in [0.25, 0.3) is 6.43 Å². The van der Waals surface area contributed by atoms with Crippen LogP contribution in [0.3, 0.4) is 0 Å². The number of aromatic nitrogens is 5. The highest BCUT2D eigenvalue weighted by atomic mass is 19.3. The van der Waals surface area contributed by atoms with Crippen molar-refractivity contribution in [1.29, 1.82) is 0 Å². The fourth-order valence-corrected chi connectivity index (χ4v) is 3.67. The lowest BCUT2D eigenvalue weighted by Crippen LogP contribution is -2.62. The van der Waals surface area contributed by atoms with Crippen LogP contribution in [0.5, 0.6) is 0 Å². The maximum absolute atomic E-state index is 13.0. The molecule has 2 fully saturated rings. The topological polar surface area (TPSA) is 71.2 Å². The Balaban J connectivity index is 1.50. The molecule has 2 aliphatic heterocycles. The van der Waals surface area contributed by atoms with Crippen LogP contribution in [0.2, 0.25) is 0 Å². The van der Waals surface area contributed by atoms with Crippen LogP contribution in [0.4, 0.5) is 14.6 Å². The fourth-order valence-electron chi connectivity index (χ4n) is 3.67. The number of fused-ring (bicyclic) bond motifs is 2. The summed E-state index contributed by atoms with van der Waals surface area (Å²) in [5, 5.41) is 7.45. The molecule has 0 aromatic carbocycles. The molecule has 3 aromatic heterocycles. The van der Waals surface area contributed by atoms with Gasteiger partial charge in [0.2, 0.25) is 0 Å². The maximum Gasteiger partial charge on any atom is 0.282 e.